The number of non-ortho nitro benzene ring substituents is 3. The summed E-state index contributed by atoms with van der Waals surface area (Å²) in [5.74, 6) is 0.424. The molecule has 0 unspecified atom stereocenters. The zero-order valence-corrected chi connectivity index (χ0v) is 15.3. The molecule has 148 valence electrons. The van der Waals surface area contributed by atoms with Gasteiger partial charge in [-0.25, -0.2) is 4.68 Å². The Balaban J connectivity index is 1.76. The summed E-state index contributed by atoms with van der Waals surface area (Å²) in [5.41, 5.74) is 0.289. The van der Waals surface area contributed by atoms with Crippen LogP contribution in [0.1, 0.15) is 11.1 Å². The lowest BCUT2D eigenvalue weighted by Gasteiger charge is -2.05. The third-order valence-electron chi connectivity index (χ3n) is 3.73. The summed E-state index contributed by atoms with van der Waals surface area (Å²) in [6.07, 6.45) is 0. The first kappa shape index (κ1) is 19.8. The lowest BCUT2D eigenvalue weighted by Crippen LogP contribution is -2.05. The van der Waals surface area contributed by atoms with Crippen molar-refractivity contribution in [2.75, 3.05) is 0 Å². The molecule has 0 aliphatic rings. The summed E-state index contributed by atoms with van der Waals surface area (Å²) in [6, 6.07) is 9.33. The molecule has 0 atom stereocenters. The van der Waals surface area contributed by atoms with E-state index in [9.17, 15) is 30.3 Å². The summed E-state index contributed by atoms with van der Waals surface area (Å²) < 4.78 is 1.36. The van der Waals surface area contributed by atoms with Gasteiger partial charge in [-0.05, 0) is 21.6 Å². The Morgan fingerprint density at radius 2 is 1.41 bits per heavy atom. The number of tetrazole rings is 1. The molecule has 1 aromatic heterocycles. The highest BCUT2D eigenvalue weighted by atomic mass is 32.2. The molecule has 0 aliphatic carbocycles. The summed E-state index contributed by atoms with van der Waals surface area (Å²) >= 11 is 1.25. The fourth-order valence-electron chi connectivity index (χ4n) is 2.39. The Labute approximate surface area is 165 Å². The average molecular weight is 417 g/mol. The average Bonchev–Trinajstić information content (AvgIpc) is 3.13. The van der Waals surface area contributed by atoms with E-state index in [4.69, 9.17) is 0 Å². The van der Waals surface area contributed by atoms with Crippen molar-refractivity contribution < 1.29 is 14.8 Å². The molecule has 0 aliphatic heterocycles. The lowest BCUT2D eigenvalue weighted by atomic mass is 10.2. The molecule has 2 aromatic carbocycles. The van der Waals surface area contributed by atoms with Crippen LogP contribution in [0.2, 0.25) is 0 Å². The first-order chi connectivity index (χ1) is 13.8. The van der Waals surface area contributed by atoms with Crippen molar-refractivity contribution in [2.45, 2.75) is 17.5 Å². The molecule has 0 amide bonds. The topological polar surface area (TPSA) is 173 Å². The number of benzene rings is 2. The van der Waals surface area contributed by atoms with Gasteiger partial charge in [-0.3, -0.25) is 30.3 Å². The second kappa shape index (κ2) is 8.39. The van der Waals surface area contributed by atoms with Gasteiger partial charge in [-0.2, -0.15) is 0 Å². The van der Waals surface area contributed by atoms with Crippen LogP contribution in [0.5, 0.6) is 0 Å². The maximum absolute atomic E-state index is 11.0. The predicted molar refractivity (Wildman–Crippen MR) is 99.3 cm³/mol. The van der Waals surface area contributed by atoms with Crippen LogP contribution in [-0.2, 0) is 12.3 Å². The van der Waals surface area contributed by atoms with Crippen molar-refractivity contribution in [2.24, 2.45) is 0 Å². The second-order valence-electron chi connectivity index (χ2n) is 5.70. The Bertz CT molecular complexity index is 1050. The molecule has 14 heteroatoms. The maximum atomic E-state index is 11.0. The highest BCUT2D eigenvalue weighted by Crippen LogP contribution is 2.25. The Kier molecular flexibility index (Phi) is 5.73. The van der Waals surface area contributed by atoms with Gasteiger partial charge >= 0.3 is 0 Å². The minimum atomic E-state index is -0.708. The van der Waals surface area contributed by atoms with Gasteiger partial charge in [-0.1, -0.05) is 23.9 Å². The Hall–Kier alpha value is -3.94. The molecule has 0 saturated carbocycles. The van der Waals surface area contributed by atoms with Gasteiger partial charge in [0.2, 0.25) is 5.16 Å². The van der Waals surface area contributed by atoms with E-state index >= 15 is 0 Å². The number of aromatic nitrogens is 4. The van der Waals surface area contributed by atoms with E-state index in [-0.39, 0.29) is 12.2 Å². The van der Waals surface area contributed by atoms with Crippen LogP contribution in [0, 0.1) is 30.3 Å². The Morgan fingerprint density at radius 1 is 0.828 bits per heavy atom. The van der Waals surface area contributed by atoms with E-state index in [2.05, 4.69) is 15.5 Å². The summed E-state index contributed by atoms with van der Waals surface area (Å²) in [4.78, 5) is 30.8. The molecule has 13 nitrogen and oxygen atoms in total. The van der Waals surface area contributed by atoms with Crippen LogP contribution in [-0.4, -0.2) is 35.0 Å². The van der Waals surface area contributed by atoms with Gasteiger partial charge < -0.3 is 0 Å². The monoisotopic (exact) mass is 417 g/mol. The Morgan fingerprint density at radius 3 is 1.97 bits per heavy atom. The van der Waals surface area contributed by atoms with Crippen molar-refractivity contribution in [3.8, 4) is 0 Å². The van der Waals surface area contributed by atoms with Crippen LogP contribution in [0.3, 0.4) is 0 Å². The summed E-state index contributed by atoms with van der Waals surface area (Å²) in [5, 5.41) is 44.4. The number of nitro benzene ring substituents is 3. The highest BCUT2D eigenvalue weighted by Gasteiger charge is 2.18. The maximum Gasteiger partial charge on any atom is 0.276 e. The minimum Gasteiger partial charge on any atom is -0.258 e. The zero-order chi connectivity index (χ0) is 21.0. The minimum absolute atomic E-state index is 0.00187. The van der Waals surface area contributed by atoms with Crippen LogP contribution in [0.15, 0.2) is 47.6 Å². The quantitative estimate of drug-likeness (QED) is 0.301. The van der Waals surface area contributed by atoms with Crippen LogP contribution < -0.4 is 0 Å². The normalized spacial score (nSPS) is 10.6. The fraction of sp³-hybridized carbons (Fsp3) is 0.133. The van der Waals surface area contributed by atoms with E-state index in [1.807, 2.05) is 0 Å². The van der Waals surface area contributed by atoms with Crippen molar-refractivity contribution in [3.63, 3.8) is 0 Å². The number of hydrogen-bond acceptors (Lipinski definition) is 10. The van der Waals surface area contributed by atoms with E-state index in [1.165, 1.54) is 40.7 Å². The van der Waals surface area contributed by atoms with Crippen LogP contribution >= 0.6 is 11.8 Å². The molecule has 0 N–H and O–H groups in total. The van der Waals surface area contributed by atoms with Gasteiger partial charge in [0, 0.05) is 30.0 Å². The van der Waals surface area contributed by atoms with Gasteiger partial charge in [-0.15, -0.1) is 5.10 Å². The van der Waals surface area contributed by atoms with E-state index in [0.29, 0.717) is 16.5 Å². The molecule has 0 spiro atoms. The fourth-order valence-corrected chi connectivity index (χ4v) is 3.22. The molecule has 0 radical (unpaired) electrons. The van der Waals surface area contributed by atoms with Crippen LogP contribution in [0.25, 0.3) is 0 Å². The van der Waals surface area contributed by atoms with Gasteiger partial charge in [0.25, 0.3) is 17.1 Å². The van der Waals surface area contributed by atoms with Crippen molar-refractivity contribution in [1.29, 1.82) is 0 Å². The molecule has 29 heavy (non-hydrogen) atoms. The largest absolute Gasteiger partial charge is 0.276 e. The number of nitrogens with zero attached hydrogens (tertiary/aromatic N) is 7. The van der Waals surface area contributed by atoms with E-state index in [1.54, 1.807) is 12.1 Å². The molecular weight excluding hydrogens is 406 g/mol. The van der Waals surface area contributed by atoms with E-state index in [0.717, 1.165) is 11.6 Å². The molecule has 0 saturated heterocycles. The molecule has 1 heterocycles. The number of hydrogen-bond donors (Lipinski definition) is 0. The van der Waals surface area contributed by atoms with E-state index < -0.39 is 26.1 Å². The summed E-state index contributed by atoms with van der Waals surface area (Å²) in [7, 11) is 0. The standard InChI is InChI=1S/C15H11N7O6S/c23-20(24)12-3-1-10(2-4-12)9-29-15-16-17-18-19(15)8-11-5-13(21(25)26)7-14(6-11)22(27)28/h1-7H,8-9H2. The molecular formula is C15H11N7O6S. The summed E-state index contributed by atoms with van der Waals surface area (Å²) in [6.45, 7) is -0.00187. The third kappa shape index (κ3) is 4.86. The van der Waals surface area contributed by atoms with Gasteiger partial charge in [0.1, 0.15) is 0 Å². The van der Waals surface area contributed by atoms with Crippen molar-refractivity contribution >= 4 is 28.8 Å². The first-order valence-electron chi connectivity index (χ1n) is 7.88. The zero-order valence-electron chi connectivity index (χ0n) is 14.4. The highest BCUT2D eigenvalue weighted by molar-refractivity contribution is 7.98. The van der Waals surface area contributed by atoms with Gasteiger partial charge in [0.05, 0.1) is 27.4 Å². The number of nitro groups is 3. The van der Waals surface area contributed by atoms with Crippen LogP contribution in [0.4, 0.5) is 17.1 Å². The van der Waals surface area contributed by atoms with Gasteiger partial charge in [0.15, 0.2) is 0 Å². The number of rotatable bonds is 8. The molecule has 0 fully saturated rings. The first-order valence-corrected chi connectivity index (χ1v) is 8.87. The molecule has 3 rings (SSSR count). The smallest absolute Gasteiger partial charge is 0.258 e. The lowest BCUT2D eigenvalue weighted by molar-refractivity contribution is -0.394. The number of thioether (sulfide) groups is 1. The van der Waals surface area contributed by atoms with Crippen molar-refractivity contribution in [1.82, 2.24) is 20.2 Å². The second-order valence-corrected chi connectivity index (χ2v) is 6.65. The molecule has 0 bridgehead atoms. The van der Waals surface area contributed by atoms with Crippen molar-refractivity contribution in [3.05, 3.63) is 83.9 Å². The molecule has 3 aromatic rings. The SMILES string of the molecule is O=[N+]([O-])c1ccc(CSc2nnnn2Cc2cc([N+](=O)[O-])cc([N+](=O)[O-])c2)cc1. The predicted octanol–water partition coefficient (Wildman–Crippen LogP) is 2.74. The third-order valence-corrected chi connectivity index (χ3v) is 4.76.